The summed E-state index contributed by atoms with van der Waals surface area (Å²) in [7, 11) is 0. The summed E-state index contributed by atoms with van der Waals surface area (Å²) in [4.78, 5) is 12.1. The van der Waals surface area contributed by atoms with Crippen LogP contribution in [0.3, 0.4) is 0 Å². The summed E-state index contributed by atoms with van der Waals surface area (Å²) in [5, 5.41) is 6.08. The fourth-order valence-electron chi connectivity index (χ4n) is 3.92. The maximum absolute atomic E-state index is 12.1. The van der Waals surface area contributed by atoms with Gasteiger partial charge < -0.3 is 16.4 Å². The molecule has 1 fully saturated rings. The first-order valence-corrected chi connectivity index (χ1v) is 10.1. The van der Waals surface area contributed by atoms with Crippen molar-refractivity contribution >= 4 is 6.03 Å². The fourth-order valence-corrected chi connectivity index (χ4v) is 3.92. The van der Waals surface area contributed by atoms with Gasteiger partial charge in [0.25, 0.3) is 0 Å². The molecule has 1 atom stereocenters. The monoisotopic (exact) mass is 365 g/mol. The molecule has 2 amide bonds. The number of hydrogen-bond donors (Lipinski definition) is 3. The lowest BCUT2D eigenvalue weighted by molar-refractivity contribution is 0.231. The van der Waals surface area contributed by atoms with Crippen molar-refractivity contribution in [3.63, 3.8) is 0 Å². The van der Waals surface area contributed by atoms with Crippen molar-refractivity contribution < 1.29 is 4.79 Å². The second-order valence-corrected chi connectivity index (χ2v) is 7.60. The van der Waals surface area contributed by atoms with Crippen LogP contribution >= 0.6 is 0 Å². The van der Waals surface area contributed by atoms with Crippen LogP contribution < -0.4 is 16.4 Å². The Balaban J connectivity index is 1.31. The van der Waals surface area contributed by atoms with Crippen LogP contribution in [0, 0.1) is 0 Å². The molecule has 27 heavy (non-hydrogen) atoms. The second kappa shape index (κ2) is 10.1. The topological polar surface area (TPSA) is 67.1 Å². The van der Waals surface area contributed by atoms with Gasteiger partial charge in [-0.05, 0) is 55.6 Å². The number of nitrogens with one attached hydrogen (secondary N) is 2. The number of benzene rings is 2. The van der Waals surface area contributed by atoms with Gasteiger partial charge in [-0.15, -0.1) is 0 Å². The summed E-state index contributed by atoms with van der Waals surface area (Å²) < 4.78 is 0. The van der Waals surface area contributed by atoms with Crippen LogP contribution in [0.25, 0.3) is 0 Å². The average Bonchev–Trinajstić information content (AvgIpc) is 2.70. The molecule has 0 aliphatic heterocycles. The van der Waals surface area contributed by atoms with Crippen molar-refractivity contribution in [1.29, 1.82) is 0 Å². The Labute approximate surface area is 162 Å². The Kier molecular flexibility index (Phi) is 7.28. The molecule has 0 spiro atoms. The molecule has 4 heteroatoms. The van der Waals surface area contributed by atoms with Gasteiger partial charge in [-0.1, -0.05) is 60.7 Å². The zero-order valence-electron chi connectivity index (χ0n) is 15.9. The lowest BCUT2D eigenvalue weighted by Gasteiger charge is -2.29. The summed E-state index contributed by atoms with van der Waals surface area (Å²) >= 11 is 0. The quantitative estimate of drug-likeness (QED) is 0.695. The molecular formula is C23H31N3O. The van der Waals surface area contributed by atoms with Gasteiger partial charge in [0.05, 0.1) is 0 Å². The van der Waals surface area contributed by atoms with Crippen molar-refractivity contribution in [3.05, 3.63) is 71.8 Å². The molecule has 0 aromatic heterocycles. The van der Waals surface area contributed by atoms with E-state index in [2.05, 4.69) is 53.1 Å². The lowest BCUT2D eigenvalue weighted by atomic mass is 9.82. The Morgan fingerprint density at radius 3 is 2.26 bits per heavy atom. The molecule has 4 nitrogen and oxygen atoms in total. The van der Waals surface area contributed by atoms with Crippen LogP contribution in [0.5, 0.6) is 0 Å². The molecule has 0 radical (unpaired) electrons. The van der Waals surface area contributed by atoms with E-state index in [-0.39, 0.29) is 18.1 Å². The smallest absolute Gasteiger partial charge is 0.315 e. The van der Waals surface area contributed by atoms with Gasteiger partial charge >= 0.3 is 6.03 Å². The van der Waals surface area contributed by atoms with Crippen molar-refractivity contribution in [3.8, 4) is 0 Å². The molecule has 2 aromatic carbocycles. The van der Waals surface area contributed by atoms with Crippen LogP contribution in [0.4, 0.5) is 4.79 Å². The van der Waals surface area contributed by atoms with Crippen molar-refractivity contribution in [2.75, 3.05) is 6.54 Å². The number of hydrogen-bond acceptors (Lipinski definition) is 2. The standard InChI is InChI=1S/C23H31N3O/c24-21(17-18-7-3-1-4-8-18)15-16-25-23(27)26-22-13-11-20(12-14-22)19-9-5-2-6-10-19/h1-10,20-22H,11-17,24H2,(H2,25,26,27). The SMILES string of the molecule is NC(CCNC(=O)NC1CCC(c2ccccc2)CC1)Cc1ccccc1. The zero-order chi connectivity index (χ0) is 18.9. The fraction of sp³-hybridized carbons (Fsp3) is 0.435. The predicted molar refractivity (Wildman–Crippen MR) is 111 cm³/mol. The second-order valence-electron chi connectivity index (χ2n) is 7.60. The molecule has 1 aliphatic carbocycles. The highest BCUT2D eigenvalue weighted by molar-refractivity contribution is 5.74. The van der Waals surface area contributed by atoms with E-state index >= 15 is 0 Å². The van der Waals surface area contributed by atoms with E-state index in [1.165, 1.54) is 11.1 Å². The van der Waals surface area contributed by atoms with Crippen LogP contribution in [-0.2, 0) is 6.42 Å². The number of nitrogens with two attached hydrogens (primary N) is 1. The summed E-state index contributed by atoms with van der Waals surface area (Å²) in [5.74, 6) is 0.628. The van der Waals surface area contributed by atoms with E-state index < -0.39 is 0 Å². The zero-order valence-corrected chi connectivity index (χ0v) is 15.9. The number of carbonyl (C=O) groups excluding carboxylic acids is 1. The summed E-state index contributed by atoms with van der Waals surface area (Å²) in [6.07, 6.45) is 5.98. The summed E-state index contributed by atoms with van der Waals surface area (Å²) in [6, 6.07) is 21.2. The van der Waals surface area contributed by atoms with Crippen LogP contribution in [0.15, 0.2) is 60.7 Å². The van der Waals surface area contributed by atoms with Crippen molar-refractivity contribution in [1.82, 2.24) is 10.6 Å². The number of carbonyl (C=O) groups is 1. The molecule has 1 unspecified atom stereocenters. The van der Waals surface area contributed by atoms with Gasteiger partial charge in [-0.2, -0.15) is 0 Å². The van der Waals surface area contributed by atoms with E-state index in [1.54, 1.807) is 0 Å². The van der Waals surface area contributed by atoms with Gasteiger partial charge in [0, 0.05) is 18.6 Å². The van der Waals surface area contributed by atoms with Gasteiger partial charge in [0.2, 0.25) is 0 Å². The van der Waals surface area contributed by atoms with Gasteiger partial charge in [0.15, 0.2) is 0 Å². The minimum absolute atomic E-state index is 0.0639. The Morgan fingerprint density at radius 1 is 0.963 bits per heavy atom. The first-order chi connectivity index (χ1) is 13.2. The van der Waals surface area contributed by atoms with Crippen molar-refractivity contribution in [2.24, 2.45) is 5.73 Å². The molecule has 3 rings (SSSR count). The molecule has 0 bridgehead atoms. The number of rotatable bonds is 7. The summed E-state index contributed by atoms with van der Waals surface area (Å²) in [5.41, 5.74) is 8.84. The third kappa shape index (κ3) is 6.40. The highest BCUT2D eigenvalue weighted by Gasteiger charge is 2.23. The Hall–Kier alpha value is -2.33. The third-order valence-corrected chi connectivity index (χ3v) is 5.47. The molecule has 0 heterocycles. The van der Waals surface area contributed by atoms with E-state index in [1.807, 2.05) is 18.2 Å². The maximum atomic E-state index is 12.1. The van der Waals surface area contributed by atoms with Crippen LogP contribution in [0.2, 0.25) is 0 Å². The van der Waals surface area contributed by atoms with Crippen LogP contribution in [-0.4, -0.2) is 24.7 Å². The highest BCUT2D eigenvalue weighted by atomic mass is 16.2. The van der Waals surface area contributed by atoms with E-state index in [9.17, 15) is 4.79 Å². The first kappa shape index (κ1) is 19.4. The first-order valence-electron chi connectivity index (χ1n) is 10.1. The minimum atomic E-state index is -0.0647. The number of amides is 2. The number of urea groups is 1. The molecule has 2 aromatic rings. The molecule has 0 saturated heterocycles. The van der Waals surface area contributed by atoms with Gasteiger partial charge in [-0.25, -0.2) is 4.79 Å². The third-order valence-electron chi connectivity index (χ3n) is 5.47. The lowest BCUT2D eigenvalue weighted by Crippen LogP contribution is -2.44. The molecule has 144 valence electrons. The molecule has 1 saturated carbocycles. The van der Waals surface area contributed by atoms with Crippen LogP contribution in [0.1, 0.15) is 49.1 Å². The maximum Gasteiger partial charge on any atom is 0.315 e. The highest BCUT2D eigenvalue weighted by Crippen LogP contribution is 2.32. The average molecular weight is 366 g/mol. The predicted octanol–water partition coefficient (Wildman–Crippen LogP) is 3.97. The Morgan fingerprint density at radius 2 is 1.59 bits per heavy atom. The molecule has 1 aliphatic rings. The minimum Gasteiger partial charge on any atom is -0.338 e. The van der Waals surface area contributed by atoms with E-state index in [4.69, 9.17) is 5.73 Å². The normalized spacial score (nSPS) is 20.6. The van der Waals surface area contributed by atoms with Gasteiger partial charge in [-0.3, -0.25) is 0 Å². The Bertz CT molecular complexity index is 681. The van der Waals surface area contributed by atoms with E-state index in [0.29, 0.717) is 12.5 Å². The molecule has 4 N–H and O–H groups in total. The summed E-state index contributed by atoms with van der Waals surface area (Å²) in [6.45, 7) is 0.610. The van der Waals surface area contributed by atoms with E-state index in [0.717, 1.165) is 38.5 Å². The van der Waals surface area contributed by atoms with Crippen molar-refractivity contribution in [2.45, 2.75) is 56.5 Å². The molecular weight excluding hydrogens is 334 g/mol. The largest absolute Gasteiger partial charge is 0.338 e. The van der Waals surface area contributed by atoms with Gasteiger partial charge in [0.1, 0.15) is 0 Å².